The smallest absolute Gasteiger partial charge is 0.253 e. The maximum absolute atomic E-state index is 13.5. The number of amides is 3. The number of piperidine rings is 1. The number of benzene rings is 1. The van der Waals surface area contributed by atoms with Gasteiger partial charge in [-0.05, 0) is 49.9 Å². The number of aromatic nitrogens is 2. The summed E-state index contributed by atoms with van der Waals surface area (Å²) < 4.78 is 0. The fraction of sp³-hybridized carbons (Fsp3) is 0.406. The molecule has 218 valence electrons. The SMILES string of the molecule is CC1C(c2ccccc2)CC(NC(=O)c2cnc3c(c2)C[C@@]2(C3)C(=O)Nc3[nH]c([C@H](C)[C@H](C)N)cc32)C(=O)N1CC=O. The van der Waals surface area contributed by atoms with Crippen molar-refractivity contribution in [2.24, 2.45) is 5.73 Å². The van der Waals surface area contributed by atoms with E-state index in [2.05, 4.69) is 20.6 Å². The Labute approximate surface area is 244 Å². The Morgan fingerprint density at radius 1 is 1.21 bits per heavy atom. The molecule has 1 fully saturated rings. The molecular formula is C32H36N6O4. The quantitative estimate of drug-likeness (QED) is 0.322. The van der Waals surface area contributed by atoms with E-state index in [0.717, 1.165) is 34.4 Å². The van der Waals surface area contributed by atoms with Crippen molar-refractivity contribution < 1.29 is 19.2 Å². The van der Waals surface area contributed by atoms with Gasteiger partial charge in [0, 0.05) is 53.5 Å². The third-order valence-electron chi connectivity index (χ3n) is 9.54. The Bertz CT molecular complexity index is 1570. The first-order valence-electron chi connectivity index (χ1n) is 14.5. The van der Waals surface area contributed by atoms with Crippen LogP contribution in [-0.2, 0) is 32.6 Å². The third-order valence-corrected chi connectivity index (χ3v) is 9.54. The molecule has 4 heterocycles. The van der Waals surface area contributed by atoms with E-state index in [-0.39, 0.29) is 42.3 Å². The van der Waals surface area contributed by atoms with Crippen molar-refractivity contribution in [1.29, 1.82) is 0 Å². The highest BCUT2D eigenvalue weighted by molar-refractivity contribution is 6.06. The zero-order valence-electron chi connectivity index (χ0n) is 24.0. The predicted octanol–water partition coefficient (Wildman–Crippen LogP) is 2.55. The van der Waals surface area contributed by atoms with E-state index in [9.17, 15) is 19.2 Å². The molecule has 3 aliphatic rings. The molecule has 1 aliphatic carbocycles. The molecule has 42 heavy (non-hydrogen) atoms. The van der Waals surface area contributed by atoms with Crippen LogP contribution in [0.5, 0.6) is 0 Å². The van der Waals surface area contributed by atoms with E-state index < -0.39 is 17.4 Å². The van der Waals surface area contributed by atoms with Gasteiger partial charge >= 0.3 is 0 Å². The fourth-order valence-corrected chi connectivity index (χ4v) is 6.82. The summed E-state index contributed by atoms with van der Waals surface area (Å²) in [6, 6.07) is 12.6. The maximum atomic E-state index is 13.5. The highest BCUT2D eigenvalue weighted by Crippen LogP contribution is 2.48. The Kier molecular flexibility index (Phi) is 6.97. The molecule has 6 atom stereocenters. The summed E-state index contributed by atoms with van der Waals surface area (Å²) in [5.74, 6) is -0.0244. The topological polar surface area (TPSA) is 150 Å². The Morgan fingerprint density at radius 2 is 1.98 bits per heavy atom. The summed E-state index contributed by atoms with van der Waals surface area (Å²) in [5.41, 5.74) is 10.2. The summed E-state index contributed by atoms with van der Waals surface area (Å²) in [4.78, 5) is 61.0. The number of aromatic amines is 1. The van der Waals surface area contributed by atoms with Crippen molar-refractivity contribution in [3.05, 3.63) is 82.3 Å². The van der Waals surface area contributed by atoms with Gasteiger partial charge < -0.3 is 31.0 Å². The number of anilines is 1. The van der Waals surface area contributed by atoms with E-state index in [1.54, 1.807) is 6.07 Å². The number of carbonyl (C=O) groups excluding carboxylic acids is 4. The van der Waals surface area contributed by atoms with Crippen LogP contribution in [0.25, 0.3) is 0 Å². The van der Waals surface area contributed by atoms with E-state index >= 15 is 0 Å². The molecule has 6 rings (SSSR count). The highest BCUT2D eigenvalue weighted by Gasteiger charge is 2.52. The van der Waals surface area contributed by atoms with Crippen molar-refractivity contribution in [3.63, 3.8) is 0 Å². The van der Waals surface area contributed by atoms with E-state index in [0.29, 0.717) is 30.6 Å². The zero-order valence-corrected chi connectivity index (χ0v) is 24.0. The average Bonchev–Trinajstić information content (AvgIpc) is 3.64. The zero-order chi connectivity index (χ0) is 29.8. The average molecular weight is 569 g/mol. The van der Waals surface area contributed by atoms with Crippen LogP contribution in [0.15, 0.2) is 48.7 Å². The molecule has 3 aromatic rings. The first kappa shape index (κ1) is 27.8. The van der Waals surface area contributed by atoms with Crippen molar-refractivity contribution >= 4 is 29.8 Å². The monoisotopic (exact) mass is 568 g/mol. The number of likely N-dealkylation sites (tertiary alicyclic amines) is 1. The van der Waals surface area contributed by atoms with Crippen molar-refractivity contribution in [2.75, 3.05) is 11.9 Å². The largest absolute Gasteiger partial charge is 0.345 e. The number of fused-ring (bicyclic) bond motifs is 3. The van der Waals surface area contributed by atoms with Crippen LogP contribution in [0.1, 0.15) is 77.5 Å². The summed E-state index contributed by atoms with van der Waals surface area (Å²) in [6.07, 6.45) is 3.50. The minimum absolute atomic E-state index is 0.0356. The number of carbonyl (C=O) groups is 4. The van der Waals surface area contributed by atoms with Gasteiger partial charge in [-0.15, -0.1) is 0 Å². The summed E-state index contributed by atoms with van der Waals surface area (Å²) in [6.45, 7) is 5.91. The molecule has 5 N–H and O–H groups in total. The lowest BCUT2D eigenvalue weighted by atomic mass is 9.79. The minimum atomic E-state index is -0.792. The number of H-pyrrole nitrogens is 1. The maximum Gasteiger partial charge on any atom is 0.253 e. The second-order valence-electron chi connectivity index (χ2n) is 12.1. The van der Waals surface area contributed by atoms with Crippen LogP contribution in [0.2, 0.25) is 0 Å². The first-order valence-corrected chi connectivity index (χ1v) is 14.5. The number of pyridine rings is 1. The molecule has 0 radical (unpaired) electrons. The van der Waals surface area contributed by atoms with Crippen molar-refractivity contribution in [1.82, 2.24) is 20.2 Å². The molecule has 3 unspecified atom stereocenters. The minimum Gasteiger partial charge on any atom is -0.345 e. The van der Waals surface area contributed by atoms with Gasteiger partial charge in [-0.3, -0.25) is 19.4 Å². The van der Waals surface area contributed by atoms with Crippen molar-refractivity contribution in [2.45, 2.75) is 75.4 Å². The van der Waals surface area contributed by atoms with Crippen LogP contribution >= 0.6 is 0 Å². The Balaban J connectivity index is 1.23. The summed E-state index contributed by atoms with van der Waals surface area (Å²) in [5, 5.41) is 5.92. The molecular weight excluding hydrogens is 532 g/mol. The molecule has 0 bridgehead atoms. The number of hydrogen-bond donors (Lipinski definition) is 4. The van der Waals surface area contributed by atoms with E-state index in [1.807, 2.05) is 57.2 Å². The van der Waals surface area contributed by atoms with Crippen LogP contribution in [0.3, 0.4) is 0 Å². The van der Waals surface area contributed by atoms with E-state index in [1.165, 1.54) is 11.1 Å². The summed E-state index contributed by atoms with van der Waals surface area (Å²) in [7, 11) is 0. The molecule has 10 heteroatoms. The number of aldehydes is 1. The lowest BCUT2D eigenvalue weighted by Gasteiger charge is -2.42. The lowest BCUT2D eigenvalue weighted by molar-refractivity contribution is -0.141. The number of nitrogens with zero attached hydrogens (tertiary/aromatic N) is 2. The second-order valence-corrected chi connectivity index (χ2v) is 12.1. The molecule has 1 saturated heterocycles. The van der Waals surface area contributed by atoms with Gasteiger partial charge in [-0.2, -0.15) is 0 Å². The van der Waals surface area contributed by atoms with Gasteiger partial charge in [0.25, 0.3) is 5.91 Å². The van der Waals surface area contributed by atoms with Crippen LogP contribution in [0.4, 0.5) is 5.82 Å². The normalized spacial score (nSPS) is 26.0. The standard InChI is InChI=1S/C32H36N6O4/c1-17(18(2)33)25-13-24-28(35-25)37-31(42)32(24)14-21-11-22(16-34-27(21)15-32)29(40)36-26-12-23(20-7-5-4-6-8-20)19(3)38(9-10-39)30(26)41/h4-8,10-11,13,16-19,23,26,35H,9,12,14-15,33H2,1-3H3,(H,36,40)(H,37,42)/t17-,18+,19?,23?,26?,32+/m1/s1. The number of nitrogens with one attached hydrogen (secondary N) is 3. The summed E-state index contributed by atoms with van der Waals surface area (Å²) >= 11 is 0. The first-order chi connectivity index (χ1) is 20.1. The predicted molar refractivity (Wildman–Crippen MR) is 157 cm³/mol. The lowest BCUT2D eigenvalue weighted by Crippen LogP contribution is -2.58. The van der Waals surface area contributed by atoms with Gasteiger partial charge in [0.1, 0.15) is 18.1 Å². The van der Waals surface area contributed by atoms with Crippen LogP contribution in [-0.4, -0.2) is 63.5 Å². The van der Waals surface area contributed by atoms with Gasteiger partial charge in [0.2, 0.25) is 11.8 Å². The van der Waals surface area contributed by atoms with E-state index in [4.69, 9.17) is 5.73 Å². The molecule has 2 aliphatic heterocycles. The van der Waals surface area contributed by atoms with Gasteiger partial charge in [-0.1, -0.05) is 37.3 Å². The highest BCUT2D eigenvalue weighted by atomic mass is 16.2. The second kappa shape index (κ2) is 10.5. The number of hydrogen-bond acceptors (Lipinski definition) is 6. The number of rotatable bonds is 7. The molecule has 2 aromatic heterocycles. The molecule has 1 aromatic carbocycles. The fourth-order valence-electron chi connectivity index (χ4n) is 6.82. The number of nitrogens with two attached hydrogens (primary N) is 1. The van der Waals surface area contributed by atoms with Crippen LogP contribution in [0, 0.1) is 0 Å². The van der Waals surface area contributed by atoms with Gasteiger partial charge in [0.05, 0.1) is 17.5 Å². The molecule has 10 nitrogen and oxygen atoms in total. The van der Waals surface area contributed by atoms with Gasteiger partial charge in [0.15, 0.2) is 0 Å². The Hall–Kier alpha value is -4.31. The van der Waals surface area contributed by atoms with Crippen LogP contribution < -0.4 is 16.4 Å². The van der Waals surface area contributed by atoms with Gasteiger partial charge in [-0.25, -0.2) is 0 Å². The molecule has 1 spiro atoms. The van der Waals surface area contributed by atoms with Crippen molar-refractivity contribution in [3.8, 4) is 0 Å². The Morgan fingerprint density at radius 3 is 2.69 bits per heavy atom. The molecule has 0 saturated carbocycles. The third kappa shape index (κ3) is 4.50. The molecule has 3 amide bonds.